The van der Waals surface area contributed by atoms with Crippen LogP contribution in [0.2, 0.25) is 0 Å². The predicted octanol–water partition coefficient (Wildman–Crippen LogP) is 1.11. The summed E-state index contributed by atoms with van der Waals surface area (Å²) >= 11 is 0. The molecule has 0 heterocycles. The Hall–Kier alpha value is -1.63. The summed E-state index contributed by atoms with van der Waals surface area (Å²) in [6, 6.07) is 4.98. The number of hydrogen-bond donors (Lipinski definition) is 0. The second-order valence-electron chi connectivity index (χ2n) is 2.87. The van der Waals surface area contributed by atoms with E-state index in [2.05, 4.69) is 14.2 Å². The number of hydrogen-bond acceptors (Lipinski definition) is 5. The molecule has 0 atom stereocenters. The van der Waals surface area contributed by atoms with Gasteiger partial charge < -0.3 is 9.02 Å². The van der Waals surface area contributed by atoms with Crippen molar-refractivity contribution in [3.05, 3.63) is 35.6 Å². The van der Waals surface area contributed by atoms with Gasteiger partial charge in [0.05, 0.1) is 6.26 Å². The van der Waals surface area contributed by atoms with E-state index in [4.69, 9.17) is 0 Å². The Labute approximate surface area is 92.6 Å². The van der Waals surface area contributed by atoms with Gasteiger partial charge in [0, 0.05) is 5.56 Å². The van der Waals surface area contributed by atoms with Gasteiger partial charge in [-0.05, 0) is 29.4 Å². The molecule has 0 saturated carbocycles. The van der Waals surface area contributed by atoms with Crippen molar-refractivity contribution in [2.45, 2.75) is 0 Å². The van der Waals surface area contributed by atoms with Gasteiger partial charge in [0.2, 0.25) is 0 Å². The van der Waals surface area contributed by atoms with E-state index in [1.165, 1.54) is 19.2 Å². The molecule has 0 amide bonds. The first-order valence-corrected chi connectivity index (χ1v) is 6.00. The molecular formula is C9H10FNO4S. The molecule has 0 spiro atoms. The van der Waals surface area contributed by atoms with Crippen LogP contribution < -0.4 is 0 Å². The summed E-state index contributed by atoms with van der Waals surface area (Å²) in [5.74, 6) is -0.690. The molecule has 0 aliphatic carbocycles. The molecule has 1 aromatic rings. The number of benzene rings is 1. The zero-order chi connectivity index (χ0) is 12.2. The second-order valence-corrected chi connectivity index (χ2v) is 4.45. The van der Waals surface area contributed by atoms with Crippen LogP contribution in [0, 0.1) is 5.82 Å². The fraction of sp³-hybridized carbons (Fsp3) is 0.222. The summed E-state index contributed by atoms with van der Waals surface area (Å²) in [6.07, 6.45) is 0.877. The number of oxime groups is 1. The van der Waals surface area contributed by atoms with E-state index in [1.807, 2.05) is 0 Å². The Bertz CT molecular complexity index is 481. The summed E-state index contributed by atoms with van der Waals surface area (Å²) in [6.45, 7) is 0. The van der Waals surface area contributed by atoms with Crippen molar-refractivity contribution in [3.8, 4) is 0 Å². The minimum absolute atomic E-state index is 0.245. The van der Waals surface area contributed by atoms with E-state index in [-0.39, 0.29) is 5.90 Å². The summed E-state index contributed by atoms with van der Waals surface area (Å²) < 4.78 is 39.1. The van der Waals surface area contributed by atoms with Gasteiger partial charge in [-0.3, -0.25) is 0 Å². The average molecular weight is 247 g/mol. The van der Waals surface area contributed by atoms with E-state index >= 15 is 0 Å². The maximum Gasteiger partial charge on any atom is 0.307 e. The predicted molar refractivity (Wildman–Crippen MR) is 55.9 cm³/mol. The van der Waals surface area contributed by atoms with Gasteiger partial charge in [0.15, 0.2) is 0 Å². The van der Waals surface area contributed by atoms with Crippen LogP contribution in [0.3, 0.4) is 0 Å². The quantitative estimate of drug-likeness (QED) is 0.347. The van der Waals surface area contributed by atoms with Crippen molar-refractivity contribution in [2.75, 3.05) is 13.4 Å². The normalized spacial score (nSPS) is 12.3. The van der Waals surface area contributed by atoms with Gasteiger partial charge in [0.25, 0.3) is 5.90 Å². The van der Waals surface area contributed by atoms with Crippen molar-refractivity contribution < 1.29 is 21.8 Å². The SMILES string of the molecule is CO/N=C(\OS(C)(=O)=O)c1ccc(F)cc1. The molecule has 0 unspecified atom stereocenters. The first-order valence-electron chi connectivity index (χ1n) is 4.19. The highest BCUT2D eigenvalue weighted by atomic mass is 32.2. The van der Waals surface area contributed by atoms with Gasteiger partial charge in [-0.15, -0.1) is 0 Å². The topological polar surface area (TPSA) is 65.0 Å². The van der Waals surface area contributed by atoms with Crippen molar-refractivity contribution in [1.29, 1.82) is 0 Å². The van der Waals surface area contributed by atoms with Crippen LogP contribution in [0.25, 0.3) is 0 Å². The molecular weight excluding hydrogens is 237 g/mol. The van der Waals surface area contributed by atoms with E-state index in [0.717, 1.165) is 18.4 Å². The number of nitrogens with zero attached hydrogens (tertiary/aromatic N) is 1. The van der Waals surface area contributed by atoms with Crippen molar-refractivity contribution in [3.63, 3.8) is 0 Å². The largest absolute Gasteiger partial charge is 0.396 e. The number of rotatable bonds is 3. The van der Waals surface area contributed by atoms with E-state index < -0.39 is 15.9 Å². The summed E-state index contributed by atoms with van der Waals surface area (Å²) in [7, 11) is -2.46. The molecule has 7 heteroatoms. The molecule has 0 aromatic heterocycles. The molecule has 0 aliphatic heterocycles. The third-order valence-electron chi connectivity index (χ3n) is 1.50. The third kappa shape index (κ3) is 3.85. The van der Waals surface area contributed by atoms with E-state index in [9.17, 15) is 12.8 Å². The molecule has 0 aliphatic rings. The fourth-order valence-corrected chi connectivity index (χ4v) is 1.35. The first-order chi connectivity index (χ1) is 7.42. The molecule has 16 heavy (non-hydrogen) atoms. The Morgan fingerprint density at radius 1 is 1.31 bits per heavy atom. The zero-order valence-corrected chi connectivity index (χ0v) is 9.49. The van der Waals surface area contributed by atoms with E-state index in [0.29, 0.717) is 5.56 Å². The highest BCUT2D eigenvalue weighted by molar-refractivity contribution is 7.86. The Morgan fingerprint density at radius 3 is 2.31 bits per heavy atom. The molecule has 1 aromatic carbocycles. The van der Waals surface area contributed by atoms with Crippen molar-refractivity contribution in [1.82, 2.24) is 0 Å². The molecule has 0 radical (unpaired) electrons. The smallest absolute Gasteiger partial charge is 0.307 e. The minimum atomic E-state index is -3.71. The van der Waals surface area contributed by atoms with Crippen LogP contribution in [-0.4, -0.2) is 27.7 Å². The lowest BCUT2D eigenvalue weighted by molar-refractivity contribution is 0.206. The summed E-state index contributed by atoms with van der Waals surface area (Å²) in [5.41, 5.74) is 0.300. The Morgan fingerprint density at radius 2 is 1.88 bits per heavy atom. The van der Waals surface area contributed by atoms with Crippen LogP contribution in [0.15, 0.2) is 29.4 Å². The molecule has 0 bridgehead atoms. The standard InChI is InChI=1S/C9H10FNO4S/c1-14-11-9(15-16(2,12)13)7-3-5-8(10)6-4-7/h3-6H,1-2H3/b11-9-. The molecule has 0 fully saturated rings. The maximum absolute atomic E-state index is 12.6. The Balaban J connectivity index is 3.04. The number of halogens is 1. The minimum Gasteiger partial charge on any atom is -0.396 e. The van der Waals surface area contributed by atoms with Crippen LogP contribution in [0.5, 0.6) is 0 Å². The van der Waals surface area contributed by atoms with E-state index in [1.54, 1.807) is 0 Å². The molecule has 0 N–H and O–H groups in total. The van der Waals surface area contributed by atoms with Gasteiger partial charge in [-0.1, -0.05) is 0 Å². The highest BCUT2D eigenvalue weighted by Gasteiger charge is 2.12. The summed E-state index contributed by atoms with van der Waals surface area (Å²) in [4.78, 5) is 4.44. The van der Waals surface area contributed by atoms with Crippen LogP contribution in [0.4, 0.5) is 4.39 Å². The van der Waals surface area contributed by atoms with Gasteiger partial charge in [0.1, 0.15) is 12.9 Å². The highest BCUT2D eigenvalue weighted by Crippen LogP contribution is 2.07. The first kappa shape index (κ1) is 12.4. The molecule has 88 valence electrons. The lowest BCUT2D eigenvalue weighted by Gasteiger charge is -2.05. The van der Waals surface area contributed by atoms with Crippen LogP contribution >= 0.6 is 0 Å². The molecule has 0 saturated heterocycles. The zero-order valence-electron chi connectivity index (χ0n) is 8.68. The molecule has 1 rings (SSSR count). The lowest BCUT2D eigenvalue weighted by atomic mass is 10.2. The lowest BCUT2D eigenvalue weighted by Crippen LogP contribution is -2.13. The van der Waals surface area contributed by atoms with Gasteiger partial charge in [-0.2, -0.15) is 8.42 Å². The van der Waals surface area contributed by atoms with Crippen molar-refractivity contribution in [2.24, 2.45) is 5.16 Å². The maximum atomic E-state index is 12.6. The average Bonchev–Trinajstić information content (AvgIpc) is 2.16. The van der Waals surface area contributed by atoms with Gasteiger partial charge >= 0.3 is 10.1 Å². The van der Waals surface area contributed by atoms with Crippen molar-refractivity contribution >= 4 is 16.0 Å². The van der Waals surface area contributed by atoms with Crippen LogP contribution in [-0.2, 0) is 19.1 Å². The van der Waals surface area contributed by atoms with Crippen LogP contribution in [0.1, 0.15) is 5.56 Å². The summed E-state index contributed by atoms with van der Waals surface area (Å²) in [5, 5.41) is 3.40. The second kappa shape index (κ2) is 4.93. The molecule has 5 nitrogen and oxygen atoms in total. The fourth-order valence-electron chi connectivity index (χ4n) is 0.935. The Kier molecular flexibility index (Phi) is 3.83. The van der Waals surface area contributed by atoms with Gasteiger partial charge in [-0.25, -0.2) is 4.39 Å². The monoisotopic (exact) mass is 247 g/mol. The third-order valence-corrected chi connectivity index (χ3v) is 1.96.